The molecule has 0 saturated heterocycles. The summed E-state index contributed by atoms with van der Waals surface area (Å²) in [4.78, 5) is 0. The van der Waals surface area contributed by atoms with Gasteiger partial charge in [0.05, 0.1) is 14.1 Å². The molecule has 0 atom stereocenters. The van der Waals surface area contributed by atoms with E-state index in [1.54, 1.807) is 0 Å². The molecule has 0 aromatic carbocycles. The van der Waals surface area contributed by atoms with Gasteiger partial charge in [0, 0.05) is 0 Å². The van der Waals surface area contributed by atoms with Gasteiger partial charge in [-0.2, -0.15) is 10.3 Å². The Balaban J connectivity index is -0.000000115. The van der Waals surface area contributed by atoms with E-state index in [0.717, 1.165) is 0 Å². The van der Waals surface area contributed by atoms with Crippen LogP contribution >= 0.6 is 24.4 Å². The molecule has 0 rings (SSSR count). The van der Waals surface area contributed by atoms with Crippen LogP contribution in [-0.4, -0.2) is 37.5 Å². The summed E-state index contributed by atoms with van der Waals surface area (Å²) in [6.07, 6.45) is 0. The predicted octanol–water partition coefficient (Wildman–Crippen LogP) is -1.31. The summed E-state index contributed by atoms with van der Waals surface area (Å²) in [6, 6.07) is 0. The summed E-state index contributed by atoms with van der Waals surface area (Å²) >= 11 is 7.40. The number of quaternary nitrogens is 2. The van der Waals surface area contributed by atoms with Crippen molar-refractivity contribution in [1.82, 2.24) is 0 Å². The lowest BCUT2D eigenvalue weighted by molar-refractivity contribution is -0.698. The van der Waals surface area contributed by atoms with Crippen molar-refractivity contribution in [1.29, 1.82) is 0 Å². The second-order valence-corrected chi connectivity index (χ2v) is 1.94. The van der Waals surface area contributed by atoms with Gasteiger partial charge in [-0.3, -0.25) is 0 Å². The molecule has 0 spiro atoms. The lowest BCUT2D eigenvalue weighted by atomic mass is 10.6. The number of hydrogen-bond donors (Lipinski definition) is 2. The number of nitrogens with zero attached hydrogens (tertiary/aromatic N) is 2. The summed E-state index contributed by atoms with van der Waals surface area (Å²) in [5.74, 6) is 0. The molecule has 12 heavy (non-hydrogen) atoms. The van der Waals surface area contributed by atoms with Gasteiger partial charge < -0.3 is 21.5 Å². The smallest absolute Gasteiger partial charge is 0.125 e. The van der Waals surface area contributed by atoms with Crippen LogP contribution in [0.1, 0.15) is 0 Å². The Labute approximate surface area is 83.8 Å². The van der Waals surface area contributed by atoms with E-state index in [1.165, 1.54) is 23.4 Å². The molecule has 0 unspecified atom stereocenters. The SMILES string of the molecule is C[NH2+]CC[NH2+]C.[N-]=C=S.[N-]=C=S. The van der Waals surface area contributed by atoms with Crippen LogP contribution in [0.5, 0.6) is 0 Å². The summed E-state index contributed by atoms with van der Waals surface area (Å²) in [5, 5.41) is 21.3. The van der Waals surface area contributed by atoms with Gasteiger partial charge >= 0.3 is 0 Å². The third kappa shape index (κ3) is 109. The fourth-order valence-electron chi connectivity index (χ4n) is 0.333. The minimum absolute atomic E-state index is 1.23. The molecule has 6 heteroatoms. The second kappa shape index (κ2) is 31.3. The predicted molar refractivity (Wildman–Crippen MR) is 57.3 cm³/mol. The lowest BCUT2D eigenvalue weighted by Gasteiger charge is -1.87. The molecular formula is C6H14N4S2. The Kier molecular flexibility index (Phi) is 45.8. The van der Waals surface area contributed by atoms with E-state index in [4.69, 9.17) is 10.8 Å². The van der Waals surface area contributed by atoms with Crippen molar-refractivity contribution in [3.8, 4) is 0 Å². The standard InChI is InChI=1S/C4H12N2.2CNS/c1-5-3-4-6-2;2*2-1-3/h5-6H,3-4H2,1-2H3;;/q;2*-1/p+2. The molecule has 0 fully saturated rings. The molecule has 70 valence electrons. The minimum Gasteiger partial charge on any atom is -0.753 e. The average molecular weight is 206 g/mol. The van der Waals surface area contributed by atoms with Gasteiger partial charge in [0.1, 0.15) is 13.1 Å². The van der Waals surface area contributed by atoms with Crippen LogP contribution in [0.25, 0.3) is 10.8 Å². The maximum absolute atomic E-state index is 7.13. The lowest BCUT2D eigenvalue weighted by Crippen LogP contribution is -2.91. The van der Waals surface area contributed by atoms with Gasteiger partial charge in [-0.15, -0.1) is 0 Å². The summed E-state index contributed by atoms with van der Waals surface area (Å²) in [5.41, 5.74) is 0. The first-order chi connectivity index (χ1) is 5.74. The van der Waals surface area contributed by atoms with Crippen LogP contribution in [0.3, 0.4) is 0 Å². The number of thiocarbonyl (C=S) groups is 2. The Morgan fingerprint density at radius 2 is 1.17 bits per heavy atom. The zero-order valence-corrected chi connectivity index (χ0v) is 8.91. The molecular weight excluding hydrogens is 192 g/mol. The zero-order valence-electron chi connectivity index (χ0n) is 7.28. The number of likely N-dealkylation sites (N-methyl/N-ethyl adjacent to an activating group) is 2. The molecule has 0 bridgehead atoms. The largest absolute Gasteiger partial charge is 0.753 e. The van der Waals surface area contributed by atoms with Crippen molar-refractivity contribution < 1.29 is 10.6 Å². The molecule has 0 saturated carbocycles. The van der Waals surface area contributed by atoms with E-state index in [0.29, 0.717) is 0 Å². The van der Waals surface area contributed by atoms with E-state index in [2.05, 4.69) is 49.2 Å². The molecule has 0 aromatic heterocycles. The van der Waals surface area contributed by atoms with Crippen LogP contribution in [-0.2, 0) is 0 Å². The van der Waals surface area contributed by atoms with Crippen LogP contribution in [0.15, 0.2) is 0 Å². The van der Waals surface area contributed by atoms with E-state index >= 15 is 0 Å². The van der Waals surface area contributed by atoms with E-state index in [1.807, 2.05) is 0 Å². The molecule has 0 aromatic rings. The summed E-state index contributed by atoms with van der Waals surface area (Å²) in [6.45, 7) is 2.47. The van der Waals surface area contributed by atoms with Crippen molar-refractivity contribution in [3.63, 3.8) is 0 Å². The molecule has 0 aliphatic heterocycles. The highest BCUT2D eigenvalue weighted by atomic mass is 32.1. The highest BCUT2D eigenvalue weighted by molar-refractivity contribution is 7.78. The quantitative estimate of drug-likeness (QED) is 0.342. The number of nitrogens with two attached hydrogens (primary N) is 2. The van der Waals surface area contributed by atoms with Gasteiger partial charge in [0.2, 0.25) is 0 Å². The first-order valence-corrected chi connectivity index (χ1v) is 4.14. The van der Waals surface area contributed by atoms with Gasteiger partial charge in [-0.05, 0) is 0 Å². The number of hydrogen-bond acceptors (Lipinski definition) is 2. The van der Waals surface area contributed by atoms with Gasteiger partial charge in [-0.1, -0.05) is 24.4 Å². The molecule has 0 amide bonds. The normalized spacial score (nSPS) is 5.83. The maximum atomic E-state index is 7.13. The van der Waals surface area contributed by atoms with Crippen molar-refractivity contribution in [2.45, 2.75) is 0 Å². The zero-order chi connectivity index (χ0) is 10.2. The molecule has 0 aliphatic rings. The highest BCUT2D eigenvalue weighted by Gasteiger charge is 1.78. The van der Waals surface area contributed by atoms with Gasteiger partial charge in [-0.25, -0.2) is 0 Å². The minimum atomic E-state index is 1.23. The van der Waals surface area contributed by atoms with Crippen molar-refractivity contribution in [2.24, 2.45) is 0 Å². The Morgan fingerprint density at radius 1 is 1.00 bits per heavy atom. The Bertz CT molecular complexity index is 110. The first-order valence-electron chi connectivity index (χ1n) is 3.33. The number of isothiocyanates is 2. The third-order valence-electron chi connectivity index (χ3n) is 0.744. The van der Waals surface area contributed by atoms with Crippen LogP contribution < -0.4 is 10.6 Å². The van der Waals surface area contributed by atoms with Crippen LogP contribution in [0.2, 0.25) is 0 Å². The highest BCUT2D eigenvalue weighted by Crippen LogP contribution is 1.21. The van der Waals surface area contributed by atoms with E-state index in [-0.39, 0.29) is 0 Å². The third-order valence-corrected chi connectivity index (χ3v) is 0.744. The van der Waals surface area contributed by atoms with Crippen molar-refractivity contribution >= 4 is 34.8 Å². The number of rotatable bonds is 3. The first kappa shape index (κ1) is 17.6. The molecule has 0 heterocycles. The molecule has 4 N–H and O–H groups in total. The average Bonchev–Trinajstić information content (AvgIpc) is 2.04. The molecule has 4 nitrogen and oxygen atoms in total. The van der Waals surface area contributed by atoms with E-state index in [9.17, 15) is 0 Å². The monoisotopic (exact) mass is 206 g/mol. The molecule has 0 aliphatic carbocycles. The maximum Gasteiger partial charge on any atom is 0.125 e. The Hall–Kier alpha value is -0.480. The van der Waals surface area contributed by atoms with Gasteiger partial charge in [0.15, 0.2) is 0 Å². The molecule has 0 radical (unpaired) electrons. The Morgan fingerprint density at radius 3 is 1.25 bits per heavy atom. The van der Waals surface area contributed by atoms with Crippen LogP contribution in [0.4, 0.5) is 0 Å². The fraction of sp³-hybridized carbons (Fsp3) is 0.667. The second-order valence-electron chi connectivity index (χ2n) is 1.58. The summed E-state index contributed by atoms with van der Waals surface area (Å²) < 4.78 is 0. The topological polar surface area (TPSA) is 77.8 Å². The van der Waals surface area contributed by atoms with Crippen molar-refractivity contribution in [3.05, 3.63) is 10.8 Å². The van der Waals surface area contributed by atoms with Crippen molar-refractivity contribution in [2.75, 3.05) is 27.2 Å². The van der Waals surface area contributed by atoms with Crippen LogP contribution in [0, 0.1) is 0 Å². The fourth-order valence-corrected chi connectivity index (χ4v) is 0.333. The summed E-state index contributed by atoms with van der Waals surface area (Å²) in [7, 11) is 4.17. The van der Waals surface area contributed by atoms with Gasteiger partial charge in [0.25, 0.3) is 0 Å². The van der Waals surface area contributed by atoms with E-state index < -0.39 is 0 Å².